The average molecular weight is 305 g/mol. The molecule has 0 aromatic carbocycles. The molecule has 5 nitrogen and oxygen atoms in total. The van der Waals surface area contributed by atoms with Crippen LogP contribution in [-0.2, 0) is 10.0 Å². The summed E-state index contributed by atoms with van der Waals surface area (Å²) in [6.07, 6.45) is 1.24. The van der Waals surface area contributed by atoms with Crippen LogP contribution < -0.4 is 5.73 Å². The number of halogens is 1. The van der Waals surface area contributed by atoms with Crippen LogP contribution in [0.25, 0.3) is 0 Å². The molecule has 0 amide bonds. The van der Waals surface area contributed by atoms with Gasteiger partial charge in [-0.25, -0.2) is 17.8 Å². The molecule has 1 rings (SSSR count). The molecule has 0 aliphatic rings. The number of rotatable bonds is 6. The highest BCUT2D eigenvalue weighted by Gasteiger charge is 2.29. The molecule has 0 saturated carbocycles. The van der Waals surface area contributed by atoms with E-state index in [1.165, 1.54) is 12.3 Å². The van der Waals surface area contributed by atoms with E-state index in [1.54, 1.807) is 13.8 Å². The van der Waals surface area contributed by atoms with Crippen LogP contribution in [0.3, 0.4) is 0 Å². The molecule has 1 atom stereocenters. The molecule has 1 aromatic heterocycles. The Hall–Kier alpha value is -1.12. The lowest BCUT2D eigenvalue weighted by Gasteiger charge is -2.23. The molecule has 1 aromatic rings. The molecule has 0 bridgehead atoms. The largest absolute Gasteiger partial charge is 0.393 e. The summed E-state index contributed by atoms with van der Waals surface area (Å²) >= 11 is 4.82. The van der Waals surface area contributed by atoms with Crippen LogP contribution in [0.15, 0.2) is 23.4 Å². The van der Waals surface area contributed by atoms with E-state index in [-0.39, 0.29) is 24.0 Å². The third-order valence-corrected chi connectivity index (χ3v) is 4.90. The lowest BCUT2D eigenvalue weighted by atomic mass is 10.2. The number of nitrogens with two attached hydrogens (primary N) is 1. The van der Waals surface area contributed by atoms with Gasteiger partial charge in [0, 0.05) is 25.2 Å². The molecule has 1 unspecified atom stereocenters. The van der Waals surface area contributed by atoms with Gasteiger partial charge in [0.2, 0.25) is 5.03 Å². The Labute approximate surface area is 117 Å². The van der Waals surface area contributed by atoms with Crippen molar-refractivity contribution < 1.29 is 12.8 Å². The van der Waals surface area contributed by atoms with E-state index in [9.17, 15) is 12.8 Å². The third-order valence-electron chi connectivity index (χ3n) is 2.62. The fourth-order valence-corrected chi connectivity index (χ4v) is 3.06. The molecular weight excluding hydrogens is 289 g/mol. The van der Waals surface area contributed by atoms with Gasteiger partial charge in [-0.15, -0.1) is 0 Å². The quantitative estimate of drug-likeness (QED) is 0.798. The number of sulfonamides is 1. The molecule has 0 saturated heterocycles. The maximum absolute atomic E-state index is 13.6. The minimum absolute atomic E-state index is 0.101. The number of aromatic nitrogens is 1. The van der Waals surface area contributed by atoms with E-state index in [2.05, 4.69) is 4.98 Å². The Morgan fingerprint density at radius 1 is 1.63 bits per heavy atom. The Bertz CT molecular complexity index is 563. The number of hydrogen-bond donors (Lipinski definition) is 1. The summed E-state index contributed by atoms with van der Waals surface area (Å²) in [7, 11) is -3.98. The molecule has 106 valence electrons. The van der Waals surface area contributed by atoms with Crippen LogP contribution in [0.5, 0.6) is 0 Å². The van der Waals surface area contributed by atoms with Gasteiger partial charge in [0.1, 0.15) is 0 Å². The smallest absolute Gasteiger partial charge is 0.263 e. The van der Waals surface area contributed by atoms with Gasteiger partial charge in [-0.2, -0.15) is 4.31 Å². The first-order valence-corrected chi connectivity index (χ1v) is 7.55. The van der Waals surface area contributed by atoms with Crippen molar-refractivity contribution in [2.75, 3.05) is 13.1 Å². The summed E-state index contributed by atoms with van der Waals surface area (Å²) in [6.45, 7) is 3.66. The van der Waals surface area contributed by atoms with E-state index in [1.807, 2.05) is 0 Å². The summed E-state index contributed by atoms with van der Waals surface area (Å²) in [5.41, 5.74) is 5.47. The second-order valence-electron chi connectivity index (χ2n) is 4.05. The molecule has 8 heteroatoms. The zero-order valence-electron chi connectivity index (χ0n) is 10.7. The highest BCUT2D eigenvalue weighted by atomic mass is 32.2. The maximum atomic E-state index is 13.6. The lowest BCUT2D eigenvalue weighted by Crippen LogP contribution is -2.38. The van der Waals surface area contributed by atoms with Crippen molar-refractivity contribution in [2.45, 2.75) is 18.9 Å². The molecule has 0 spiro atoms. The normalized spacial score (nSPS) is 13.5. The topological polar surface area (TPSA) is 76.3 Å². The zero-order chi connectivity index (χ0) is 14.6. The van der Waals surface area contributed by atoms with Crippen molar-refractivity contribution in [1.29, 1.82) is 0 Å². The fourth-order valence-electron chi connectivity index (χ4n) is 1.48. The van der Waals surface area contributed by atoms with Gasteiger partial charge in [0.25, 0.3) is 10.0 Å². The predicted octanol–water partition coefficient (Wildman–Crippen LogP) is 1.15. The number of nitrogens with zero attached hydrogens (tertiary/aromatic N) is 2. The maximum Gasteiger partial charge on any atom is 0.263 e. The lowest BCUT2D eigenvalue weighted by molar-refractivity contribution is 0.399. The second-order valence-corrected chi connectivity index (χ2v) is 6.37. The summed E-state index contributed by atoms with van der Waals surface area (Å²) in [6, 6.07) is 2.40. The summed E-state index contributed by atoms with van der Waals surface area (Å²) in [5.74, 6) is -1.17. The van der Waals surface area contributed by atoms with Crippen LogP contribution in [0, 0.1) is 11.7 Å². The second kappa shape index (κ2) is 6.36. The minimum Gasteiger partial charge on any atom is -0.393 e. The Morgan fingerprint density at radius 3 is 2.74 bits per heavy atom. The average Bonchev–Trinajstić information content (AvgIpc) is 2.35. The van der Waals surface area contributed by atoms with Crippen LogP contribution in [-0.4, -0.2) is 35.8 Å². The molecular formula is C11H16FN3O2S2. The third kappa shape index (κ3) is 3.68. The van der Waals surface area contributed by atoms with Gasteiger partial charge in [-0.05, 0) is 12.1 Å². The zero-order valence-corrected chi connectivity index (χ0v) is 12.3. The first-order valence-electron chi connectivity index (χ1n) is 5.70. The molecule has 19 heavy (non-hydrogen) atoms. The summed E-state index contributed by atoms with van der Waals surface area (Å²) < 4.78 is 39.2. The van der Waals surface area contributed by atoms with Crippen LogP contribution >= 0.6 is 12.2 Å². The van der Waals surface area contributed by atoms with Crippen LogP contribution in [0.2, 0.25) is 0 Å². The van der Waals surface area contributed by atoms with E-state index < -0.39 is 20.9 Å². The summed E-state index contributed by atoms with van der Waals surface area (Å²) in [5, 5.41) is -0.577. The molecule has 0 aliphatic heterocycles. The van der Waals surface area contributed by atoms with Gasteiger partial charge < -0.3 is 5.73 Å². The van der Waals surface area contributed by atoms with Gasteiger partial charge >= 0.3 is 0 Å². The Morgan fingerprint density at radius 2 is 2.26 bits per heavy atom. The fraction of sp³-hybridized carbons (Fsp3) is 0.455. The standard InChI is InChI=1S/C11H16FN3O2S2/c1-3-15(7-8(2)10(13)18)19(16,17)11-9(12)5-4-6-14-11/h4-6,8H,3,7H2,1-2H3,(H2,13,18). The van der Waals surface area contributed by atoms with Gasteiger partial charge in [-0.3, -0.25) is 0 Å². The summed E-state index contributed by atoms with van der Waals surface area (Å²) in [4.78, 5) is 3.82. The van der Waals surface area contributed by atoms with Crippen LogP contribution in [0.4, 0.5) is 4.39 Å². The first kappa shape index (κ1) is 15.9. The predicted molar refractivity (Wildman–Crippen MR) is 74.6 cm³/mol. The van der Waals surface area contributed by atoms with E-state index in [0.29, 0.717) is 0 Å². The van der Waals surface area contributed by atoms with Crippen molar-refractivity contribution in [1.82, 2.24) is 9.29 Å². The molecule has 2 N–H and O–H groups in total. The number of pyridine rings is 1. The number of thiocarbonyl (C=S) groups is 1. The SMILES string of the molecule is CCN(CC(C)C(N)=S)S(=O)(=O)c1ncccc1F. The van der Waals surface area contributed by atoms with Crippen molar-refractivity contribution >= 4 is 27.2 Å². The van der Waals surface area contributed by atoms with Crippen molar-refractivity contribution in [3.05, 3.63) is 24.1 Å². The molecule has 0 radical (unpaired) electrons. The van der Waals surface area contributed by atoms with Crippen LogP contribution in [0.1, 0.15) is 13.8 Å². The van der Waals surface area contributed by atoms with Crippen molar-refractivity contribution in [3.63, 3.8) is 0 Å². The van der Waals surface area contributed by atoms with E-state index in [4.69, 9.17) is 18.0 Å². The highest BCUT2D eigenvalue weighted by molar-refractivity contribution is 7.89. The van der Waals surface area contributed by atoms with Crippen molar-refractivity contribution in [2.24, 2.45) is 11.7 Å². The number of hydrogen-bond acceptors (Lipinski definition) is 4. The van der Waals surface area contributed by atoms with E-state index in [0.717, 1.165) is 10.4 Å². The Kier molecular flexibility index (Phi) is 5.33. The Balaban J connectivity index is 3.10. The minimum atomic E-state index is -3.98. The molecule has 1 heterocycles. The van der Waals surface area contributed by atoms with Gasteiger partial charge in [-0.1, -0.05) is 26.1 Å². The highest BCUT2D eigenvalue weighted by Crippen LogP contribution is 2.17. The molecule has 0 fully saturated rings. The molecule has 0 aliphatic carbocycles. The monoisotopic (exact) mass is 305 g/mol. The first-order chi connectivity index (χ1) is 8.80. The van der Waals surface area contributed by atoms with Crippen molar-refractivity contribution in [3.8, 4) is 0 Å². The van der Waals surface area contributed by atoms with Gasteiger partial charge in [0.05, 0.1) is 4.99 Å². The van der Waals surface area contributed by atoms with E-state index >= 15 is 0 Å². The van der Waals surface area contributed by atoms with Gasteiger partial charge in [0.15, 0.2) is 5.82 Å².